The van der Waals surface area contributed by atoms with Crippen LogP contribution in [0, 0.1) is 0 Å². The van der Waals surface area contributed by atoms with E-state index in [1.54, 1.807) is 12.4 Å². The first-order valence-corrected chi connectivity index (χ1v) is 5.58. The number of thiocarbonyl (C=S) groups is 1. The van der Waals surface area contributed by atoms with E-state index in [0.717, 1.165) is 16.9 Å². The van der Waals surface area contributed by atoms with Gasteiger partial charge in [0.2, 0.25) is 0 Å². The molecule has 1 heterocycles. The number of nitrogens with two attached hydrogens (primary N) is 1. The predicted molar refractivity (Wildman–Crippen MR) is 70.9 cm³/mol. The molecule has 4 heteroatoms. The maximum absolute atomic E-state index is 5.60. The molecule has 0 spiro atoms. The van der Waals surface area contributed by atoms with Crippen molar-refractivity contribution in [1.82, 2.24) is 4.98 Å². The molecule has 0 aliphatic carbocycles. The number of benzene rings is 1. The van der Waals surface area contributed by atoms with E-state index >= 15 is 0 Å². The van der Waals surface area contributed by atoms with Gasteiger partial charge in [0.05, 0.1) is 0 Å². The zero-order valence-corrected chi connectivity index (χ0v) is 9.98. The minimum absolute atomic E-state index is 0.392. The van der Waals surface area contributed by atoms with E-state index in [1.165, 1.54) is 0 Å². The summed E-state index contributed by atoms with van der Waals surface area (Å²) in [6, 6.07) is 11.3. The Balaban J connectivity index is 1.98. The van der Waals surface area contributed by atoms with Gasteiger partial charge >= 0.3 is 0 Å². The summed E-state index contributed by atoms with van der Waals surface area (Å²) >= 11 is 4.88. The van der Waals surface area contributed by atoms with Gasteiger partial charge in [0, 0.05) is 23.5 Å². The lowest BCUT2D eigenvalue weighted by molar-refractivity contribution is 0.306. The molecule has 0 aliphatic rings. The van der Waals surface area contributed by atoms with E-state index in [4.69, 9.17) is 22.7 Å². The lowest BCUT2D eigenvalue weighted by Gasteiger charge is -2.06. The first-order valence-electron chi connectivity index (χ1n) is 5.17. The molecule has 1 aromatic carbocycles. The van der Waals surface area contributed by atoms with Crippen LogP contribution < -0.4 is 10.5 Å². The molecule has 0 fully saturated rings. The fourth-order valence-corrected chi connectivity index (χ4v) is 1.50. The Kier molecular flexibility index (Phi) is 3.67. The van der Waals surface area contributed by atoms with Crippen molar-refractivity contribution in [2.45, 2.75) is 6.61 Å². The molecule has 0 amide bonds. The van der Waals surface area contributed by atoms with E-state index in [2.05, 4.69) is 4.98 Å². The van der Waals surface area contributed by atoms with Crippen LogP contribution in [0.5, 0.6) is 5.75 Å². The Morgan fingerprint density at radius 3 is 2.59 bits per heavy atom. The third kappa shape index (κ3) is 3.26. The molecular formula is C13H12N2OS. The normalized spacial score (nSPS) is 9.88. The van der Waals surface area contributed by atoms with Gasteiger partial charge in [0.15, 0.2) is 0 Å². The quantitative estimate of drug-likeness (QED) is 0.838. The average Bonchev–Trinajstić information content (AvgIpc) is 2.38. The van der Waals surface area contributed by atoms with Crippen LogP contribution in [0.25, 0.3) is 0 Å². The van der Waals surface area contributed by atoms with Crippen molar-refractivity contribution in [3.8, 4) is 5.75 Å². The average molecular weight is 244 g/mol. The third-order valence-corrected chi connectivity index (χ3v) is 2.50. The molecule has 0 bridgehead atoms. The highest BCUT2D eigenvalue weighted by atomic mass is 32.1. The highest BCUT2D eigenvalue weighted by molar-refractivity contribution is 7.80. The van der Waals surface area contributed by atoms with Crippen molar-refractivity contribution in [3.63, 3.8) is 0 Å². The number of nitrogens with zero attached hydrogens (tertiary/aromatic N) is 1. The van der Waals surface area contributed by atoms with Crippen LogP contribution in [-0.2, 0) is 6.61 Å². The van der Waals surface area contributed by atoms with Gasteiger partial charge in [0.25, 0.3) is 0 Å². The van der Waals surface area contributed by atoms with Gasteiger partial charge in [-0.15, -0.1) is 0 Å². The molecule has 17 heavy (non-hydrogen) atoms. The molecule has 3 nitrogen and oxygen atoms in total. The van der Waals surface area contributed by atoms with Crippen molar-refractivity contribution in [1.29, 1.82) is 0 Å². The molecule has 0 atom stereocenters. The van der Waals surface area contributed by atoms with Gasteiger partial charge in [-0.1, -0.05) is 18.3 Å². The minimum atomic E-state index is 0.392. The Morgan fingerprint density at radius 1 is 1.24 bits per heavy atom. The monoisotopic (exact) mass is 244 g/mol. The van der Waals surface area contributed by atoms with E-state index in [0.29, 0.717) is 11.6 Å². The summed E-state index contributed by atoms with van der Waals surface area (Å²) in [5.41, 5.74) is 7.39. The van der Waals surface area contributed by atoms with Crippen LogP contribution >= 0.6 is 12.2 Å². The smallest absolute Gasteiger partial charge is 0.119 e. The predicted octanol–water partition coefficient (Wildman–Crippen LogP) is 2.29. The van der Waals surface area contributed by atoms with Crippen LogP contribution in [0.15, 0.2) is 48.8 Å². The summed E-state index contributed by atoms with van der Waals surface area (Å²) in [7, 11) is 0. The molecule has 0 saturated carbocycles. The maximum Gasteiger partial charge on any atom is 0.119 e. The molecular weight excluding hydrogens is 232 g/mol. The van der Waals surface area contributed by atoms with Gasteiger partial charge < -0.3 is 10.5 Å². The maximum atomic E-state index is 5.60. The van der Waals surface area contributed by atoms with Gasteiger partial charge in [-0.05, 0) is 30.3 Å². The Bertz CT molecular complexity index is 497. The molecule has 0 unspecified atom stereocenters. The standard InChI is InChI=1S/C13H12N2OS/c14-13(17)11-3-5-12(6-4-11)16-9-10-2-1-7-15-8-10/h1-8H,9H2,(H2,14,17). The molecule has 0 radical (unpaired) electrons. The highest BCUT2D eigenvalue weighted by Crippen LogP contribution is 2.13. The lowest BCUT2D eigenvalue weighted by Crippen LogP contribution is -2.08. The Hall–Kier alpha value is -1.94. The van der Waals surface area contributed by atoms with Crippen LogP contribution in [0.2, 0.25) is 0 Å². The third-order valence-electron chi connectivity index (χ3n) is 2.27. The number of ether oxygens (including phenoxy) is 1. The summed E-state index contributed by atoms with van der Waals surface area (Å²) in [5, 5.41) is 0. The number of pyridine rings is 1. The fraction of sp³-hybridized carbons (Fsp3) is 0.0769. The molecule has 1 aromatic heterocycles. The van der Waals surface area contributed by atoms with Crippen LogP contribution in [0.1, 0.15) is 11.1 Å². The zero-order chi connectivity index (χ0) is 12.1. The molecule has 2 rings (SSSR count). The van der Waals surface area contributed by atoms with Crippen LogP contribution in [-0.4, -0.2) is 9.97 Å². The minimum Gasteiger partial charge on any atom is -0.489 e. The Morgan fingerprint density at radius 2 is 2.00 bits per heavy atom. The van der Waals surface area contributed by atoms with Crippen molar-refractivity contribution >= 4 is 17.2 Å². The second kappa shape index (κ2) is 5.41. The SMILES string of the molecule is NC(=S)c1ccc(OCc2cccnc2)cc1. The van der Waals surface area contributed by atoms with E-state index < -0.39 is 0 Å². The summed E-state index contributed by atoms with van der Waals surface area (Å²) < 4.78 is 5.60. The summed E-state index contributed by atoms with van der Waals surface area (Å²) in [4.78, 5) is 4.41. The topological polar surface area (TPSA) is 48.1 Å². The Labute approximate surface area is 105 Å². The first kappa shape index (κ1) is 11.5. The van der Waals surface area contributed by atoms with Gasteiger partial charge in [-0.25, -0.2) is 0 Å². The fourth-order valence-electron chi connectivity index (χ4n) is 1.37. The molecule has 2 aromatic rings. The van der Waals surface area contributed by atoms with Crippen molar-refractivity contribution in [3.05, 3.63) is 59.9 Å². The van der Waals surface area contributed by atoms with Crippen molar-refractivity contribution < 1.29 is 4.74 Å². The lowest BCUT2D eigenvalue weighted by atomic mass is 10.2. The van der Waals surface area contributed by atoms with Gasteiger partial charge in [-0.3, -0.25) is 4.98 Å². The van der Waals surface area contributed by atoms with Crippen molar-refractivity contribution in [2.75, 3.05) is 0 Å². The number of rotatable bonds is 4. The number of aromatic nitrogens is 1. The second-order valence-corrected chi connectivity index (χ2v) is 3.98. The summed E-state index contributed by atoms with van der Waals surface area (Å²) in [5.74, 6) is 0.786. The first-order chi connectivity index (χ1) is 8.25. The van der Waals surface area contributed by atoms with Crippen LogP contribution in [0.3, 0.4) is 0 Å². The number of hydrogen-bond donors (Lipinski definition) is 1. The highest BCUT2D eigenvalue weighted by Gasteiger charge is 1.98. The largest absolute Gasteiger partial charge is 0.489 e. The van der Waals surface area contributed by atoms with Gasteiger partial charge in [0.1, 0.15) is 17.3 Å². The second-order valence-electron chi connectivity index (χ2n) is 3.54. The van der Waals surface area contributed by atoms with E-state index in [9.17, 15) is 0 Å². The van der Waals surface area contributed by atoms with Crippen LogP contribution in [0.4, 0.5) is 0 Å². The molecule has 86 valence electrons. The number of hydrogen-bond acceptors (Lipinski definition) is 3. The van der Waals surface area contributed by atoms with Crippen molar-refractivity contribution in [2.24, 2.45) is 5.73 Å². The van der Waals surface area contributed by atoms with Gasteiger partial charge in [-0.2, -0.15) is 0 Å². The van der Waals surface area contributed by atoms with E-state index in [-0.39, 0.29) is 0 Å². The van der Waals surface area contributed by atoms with E-state index in [1.807, 2.05) is 36.4 Å². The zero-order valence-electron chi connectivity index (χ0n) is 9.17. The summed E-state index contributed by atoms with van der Waals surface area (Å²) in [6.07, 6.45) is 3.52. The summed E-state index contributed by atoms with van der Waals surface area (Å²) in [6.45, 7) is 0.500. The molecule has 0 saturated heterocycles. The molecule has 0 aliphatic heterocycles. The molecule has 2 N–H and O–H groups in total.